The number of fused-ring (bicyclic) bond motifs is 3. The molecule has 3 aliphatic rings. The maximum Gasteiger partial charge on any atom is 0.0594 e. The predicted molar refractivity (Wildman–Crippen MR) is 88.9 cm³/mol. The number of hydrogen-bond donors (Lipinski definition) is 1. The highest BCUT2D eigenvalue weighted by atomic mass is 16.3. The average Bonchev–Trinajstić information content (AvgIpc) is 2.43. The summed E-state index contributed by atoms with van der Waals surface area (Å²) in [5.41, 5.74) is 1.87. The minimum absolute atomic E-state index is 0.0656. The predicted octanol–water partition coefficient (Wildman–Crippen LogP) is 4.97. The molecule has 1 heteroatoms. The molecule has 118 valence electrons. The number of aliphatic hydroxyl groups is 1. The van der Waals surface area contributed by atoms with Gasteiger partial charge < -0.3 is 5.11 Å². The first kappa shape index (κ1) is 15.3. The third-order valence-corrected chi connectivity index (χ3v) is 7.63. The first-order valence-electron chi connectivity index (χ1n) is 8.80. The zero-order valence-corrected chi connectivity index (χ0v) is 14.1. The molecule has 3 rings (SSSR count). The topological polar surface area (TPSA) is 20.2 Å². The fourth-order valence-electron chi connectivity index (χ4n) is 6.40. The highest BCUT2D eigenvalue weighted by Gasteiger charge is 2.58. The van der Waals surface area contributed by atoms with E-state index in [4.69, 9.17) is 0 Å². The van der Waals surface area contributed by atoms with Crippen LogP contribution in [0.25, 0.3) is 0 Å². The number of allylic oxidation sites excluding steroid dienone is 2. The van der Waals surface area contributed by atoms with E-state index in [0.29, 0.717) is 17.3 Å². The van der Waals surface area contributed by atoms with Gasteiger partial charge in [-0.15, -0.1) is 6.58 Å². The van der Waals surface area contributed by atoms with Gasteiger partial charge in [-0.3, -0.25) is 0 Å². The van der Waals surface area contributed by atoms with Crippen molar-refractivity contribution in [3.63, 3.8) is 0 Å². The van der Waals surface area contributed by atoms with Crippen LogP contribution in [0.5, 0.6) is 0 Å². The fourth-order valence-corrected chi connectivity index (χ4v) is 6.40. The Morgan fingerprint density at radius 1 is 1.14 bits per heavy atom. The Morgan fingerprint density at radius 3 is 2.52 bits per heavy atom. The molecule has 0 aromatic heterocycles. The molecule has 1 nitrogen and oxygen atoms in total. The lowest BCUT2D eigenvalue weighted by Crippen LogP contribution is -2.57. The lowest BCUT2D eigenvalue weighted by molar-refractivity contribution is -0.158. The molecule has 0 amide bonds. The van der Waals surface area contributed by atoms with Crippen molar-refractivity contribution in [1.29, 1.82) is 0 Å². The normalized spacial score (nSPS) is 49.1. The maximum absolute atomic E-state index is 10.5. The third-order valence-electron chi connectivity index (χ3n) is 7.63. The molecule has 0 radical (unpaired) electrons. The van der Waals surface area contributed by atoms with Crippen molar-refractivity contribution in [2.75, 3.05) is 0 Å². The molecule has 0 aromatic rings. The van der Waals surface area contributed by atoms with Crippen LogP contribution >= 0.6 is 0 Å². The molecule has 6 atom stereocenters. The van der Waals surface area contributed by atoms with E-state index in [1.54, 1.807) is 0 Å². The van der Waals surface area contributed by atoms with Gasteiger partial charge in [0.05, 0.1) is 6.10 Å². The van der Waals surface area contributed by atoms with E-state index in [0.717, 1.165) is 18.3 Å². The molecular formula is C20H32O. The molecule has 21 heavy (non-hydrogen) atoms. The molecule has 3 saturated carbocycles. The van der Waals surface area contributed by atoms with Crippen molar-refractivity contribution in [2.45, 2.75) is 65.4 Å². The van der Waals surface area contributed by atoms with Crippen molar-refractivity contribution in [1.82, 2.24) is 0 Å². The second kappa shape index (κ2) is 4.98. The zero-order valence-electron chi connectivity index (χ0n) is 14.1. The van der Waals surface area contributed by atoms with E-state index < -0.39 is 0 Å². The summed E-state index contributed by atoms with van der Waals surface area (Å²) < 4.78 is 0. The number of rotatable bonds is 1. The minimum atomic E-state index is -0.124. The smallest absolute Gasteiger partial charge is 0.0594 e. The fraction of sp³-hybridized carbons (Fsp3) is 0.800. The molecule has 0 aliphatic heterocycles. The molecule has 0 aromatic carbocycles. The Morgan fingerprint density at radius 2 is 1.86 bits per heavy atom. The minimum Gasteiger partial charge on any atom is -0.393 e. The molecule has 0 spiro atoms. The summed E-state index contributed by atoms with van der Waals surface area (Å²) in [5.74, 6) is 2.72. The Balaban J connectivity index is 1.95. The molecule has 3 fully saturated rings. The molecule has 0 bridgehead atoms. The van der Waals surface area contributed by atoms with E-state index in [1.165, 1.54) is 37.7 Å². The van der Waals surface area contributed by atoms with E-state index in [2.05, 4.69) is 40.0 Å². The summed E-state index contributed by atoms with van der Waals surface area (Å²) in [6, 6.07) is 0. The van der Waals surface area contributed by atoms with Crippen molar-refractivity contribution in [3.05, 3.63) is 24.8 Å². The molecule has 3 aliphatic carbocycles. The quantitative estimate of drug-likeness (QED) is 0.676. The summed E-state index contributed by atoms with van der Waals surface area (Å²) in [5, 5.41) is 10.5. The first-order valence-corrected chi connectivity index (χ1v) is 8.80. The molecule has 1 N–H and O–H groups in total. The molecule has 0 saturated heterocycles. The van der Waals surface area contributed by atoms with Crippen LogP contribution in [0.3, 0.4) is 0 Å². The second-order valence-electron chi connectivity index (χ2n) is 8.74. The van der Waals surface area contributed by atoms with Gasteiger partial charge in [0.15, 0.2) is 0 Å². The van der Waals surface area contributed by atoms with Crippen LogP contribution in [-0.4, -0.2) is 11.2 Å². The van der Waals surface area contributed by atoms with Crippen LogP contribution in [0, 0.1) is 34.5 Å². The summed E-state index contributed by atoms with van der Waals surface area (Å²) in [6.07, 6.45) is 9.22. The monoisotopic (exact) mass is 288 g/mol. The largest absolute Gasteiger partial charge is 0.393 e. The van der Waals surface area contributed by atoms with Crippen LogP contribution in [0.4, 0.5) is 0 Å². The number of hydrogen-bond acceptors (Lipinski definition) is 1. The van der Waals surface area contributed by atoms with Crippen LogP contribution in [0.15, 0.2) is 24.8 Å². The Bertz CT molecular complexity index is 449. The van der Waals surface area contributed by atoms with Gasteiger partial charge in [0.2, 0.25) is 0 Å². The summed E-state index contributed by atoms with van der Waals surface area (Å²) in [4.78, 5) is 0. The summed E-state index contributed by atoms with van der Waals surface area (Å²) in [6.45, 7) is 15.5. The standard InChI is InChI=1S/C20H32O/c1-6-14-13(2)7-9-16-15(14)8-10-17-19(3,4)18(21)11-12-20(16,17)5/h6,14-18,21H,1-2,7-12H2,3-5H3/t14-,15-,16-,17-,18-,20+/m0/s1. The lowest BCUT2D eigenvalue weighted by Gasteiger charge is -2.62. The highest BCUT2D eigenvalue weighted by Crippen LogP contribution is 2.64. The van der Waals surface area contributed by atoms with E-state index >= 15 is 0 Å². The van der Waals surface area contributed by atoms with E-state index in [9.17, 15) is 5.11 Å². The molecule has 0 unspecified atom stereocenters. The zero-order chi connectivity index (χ0) is 15.4. The second-order valence-corrected chi connectivity index (χ2v) is 8.74. The maximum atomic E-state index is 10.5. The SMILES string of the molecule is C=C[C@H]1C(=C)CC[C@H]2[C@H]1CC[C@H]1C(C)(C)[C@@H](O)CC[C@]21C. The van der Waals surface area contributed by atoms with Gasteiger partial charge in [-0.25, -0.2) is 0 Å². The Kier molecular flexibility index (Phi) is 3.64. The van der Waals surface area contributed by atoms with E-state index in [-0.39, 0.29) is 11.5 Å². The van der Waals surface area contributed by atoms with Crippen molar-refractivity contribution < 1.29 is 5.11 Å². The van der Waals surface area contributed by atoms with Gasteiger partial charge in [-0.1, -0.05) is 39.0 Å². The van der Waals surface area contributed by atoms with Gasteiger partial charge in [0.25, 0.3) is 0 Å². The van der Waals surface area contributed by atoms with Crippen LogP contribution < -0.4 is 0 Å². The molecule has 0 heterocycles. The van der Waals surface area contributed by atoms with Crippen molar-refractivity contribution in [3.8, 4) is 0 Å². The highest BCUT2D eigenvalue weighted by molar-refractivity contribution is 5.18. The van der Waals surface area contributed by atoms with Crippen molar-refractivity contribution in [2.24, 2.45) is 34.5 Å². The lowest BCUT2D eigenvalue weighted by atomic mass is 9.43. The Labute approximate surface area is 130 Å². The summed E-state index contributed by atoms with van der Waals surface area (Å²) >= 11 is 0. The van der Waals surface area contributed by atoms with Crippen LogP contribution in [0.2, 0.25) is 0 Å². The van der Waals surface area contributed by atoms with Gasteiger partial charge in [0, 0.05) is 5.92 Å². The van der Waals surface area contributed by atoms with Gasteiger partial charge >= 0.3 is 0 Å². The van der Waals surface area contributed by atoms with Gasteiger partial charge in [-0.05, 0) is 67.1 Å². The third kappa shape index (κ3) is 2.07. The van der Waals surface area contributed by atoms with Gasteiger partial charge in [0.1, 0.15) is 0 Å². The Hall–Kier alpha value is -0.560. The van der Waals surface area contributed by atoms with E-state index in [1.807, 2.05) is 0 Å². The first-order chi connectivity index (χ1) is 9.82. The number of aliphatic hydroxyl groups excluding tert-OH is 1. The average molecular weight is 288 g/mol. The molecular weight excluding hydrogens is 256 g/mol. The summed E-state index contributed by atoms with van der Waals surface area (Å²) in [7, 11) is 0. The van der Waals surface area contributed by atoms with Crippen LogP contribution in [-0.2, 0) is 0 Å². The van der Waals surface area contributed by atoms with Gasteiger partial charge in [-0.2, -0.15) is 0 Å². The van der Waals surface area contributed by atoms with Crippen molar-refractivity contribution >= 4 is 0 Å². The van der Waals surface area contributed by atoms with Crippen LogP contribution in [0.1, 0.15) is 59.3 Å².